The van der Waals surface area contributed by atoms with Crippen molar-refractivity contribution in [3.8, 4) is 0 Å². The van der Waals surface area contributed by atoms with E-state index in [1.165, 1.54) is 25.3 Å². The Morgan fingerprint density at radius 2 is 2.04 bits per heavy atom. The molecule has 9 heteroatoms. The number of rotatable bonds is 5. The summed E-state index contributed by atoms with van der Waals surface area (Å²) in [5.74, 6) is -0.599. The van der Waals surface area contributed by atoms with Crippen molar-refractivity contribution in [2.75, 3.05) is 12.4 Å². The van der Waals surface area contributed by atoms with Crippen LogP contribution in [0, 0.1) is 10.1 Å². The SMILES string of the molecule is COCc1cc(=O)[nH]c2cc(NC(=O)c3cc([N+](=O)[O-])ccc3Cl)ccc12. The summed E-state index contributed by atoms with van der Waals surface area (Å²) >= 11 is 5.99. The van der Waals surface area contributed by atoms with Gasteiger partial charge in [0.05, 0.1) is 27.6 Å². The lowest BCUT2D eigenvalue weighted by Gasteiger charge is -2.10. The van der Waals surface area contributed by atoms with E-state index < -0.39 is 10.8 Å². The standard InChI is InChI=1S/C18H14ClN3O5/c1-27-9-10-6-17(23)21-16-7-11(2-4-13(10)16)20-18(24)14-8-12(22(25)26)3-5-15(14)19/h2-8H,9H2,1H3,(H,20,24)(H,21,23). The zero-order valence-electron chi connectivity index (χ0n) is 14.1. The van der Waals surface area contributed by atoms with Crippen LogP contribution in [-0.2, 0) is 11.3 Å². The number of aromatic amines is 1. The molecule has 27 heavy (non-hydrogen) atoms. The summed E-state index contributed by atoms with van der Waals surface area (Å²) < 4.78 is 5.10. The van der Waals surface area contributed by atoms with Crippen LogP contribution in [0.3, 0.4) is 0 Å². The molecule has 138 valence electrons. The number of fused-ring (bicyclic) bond motifs is 1. The number of pyridine rings is 1. The number of non-ortho nitro benzene ring substituents is 1. The molecule has 0 saturated carbocycles. The predicted octanol–water partition coefficient (Wildman–Crippen LogP) is 3.49. The van der Waals surface area contributed by atoms with Gasteiger partial charge in [-0.3, -0.25) is 19.7 Å². The highest BCUT2D eigenvalue weighted by atomic mass is 35.5. The molecule has 2 aromatic carbocycles. The van der Waals surface area contributed by atoms with E-state index >= 15 is 0 Å². The summed E-state index contributed by atoms with van der Waals surface area (Å²) in [5, 5.41) is 14.4. The number of amides is 1. The number of methoxy groups -OCH3 is 1. The number of hydrogen-bond acceptors (Lipinski definition) is 5. The maximum absolute atomic E-state index is 12.5. The van der Waals surface area contributed by atoms with Crippen LogP contribution in [0.1, 0.15) is 15.9 Å². The van der Waals surface area contributed by atoms with Crippen molar-refractivity contribution < 1.29 is 14.5 Å². The fourth-order valence-electron chi connectivity index (χ4n) is 2.68. The van der Waals surface area contributed by atoms with Gasteiger partial charge in [0.2, 0.25) is 5.56 Å². The van der Waals surface area contributed by atoms with Gasteiger partial charge in [-0.1, -0.05) is 17.7 Å². The van der Waals surface area contributed by atoms with Crippen LogP contribution >= 0.6 is 11.6 Å². The Bertz CT molecular complexity index is 1110. The van der Waals surface area contributed by atoms with Gasteiger partial charge in [0.25, 0.3) is 11.6 Å². The van der Waals surface area contributed by atoms with Gasteiger partial charge in [-0.2, -0.15) is 0 Å². The highest BCUT2D eigenvalue weighted by molar-refractivity contribution is 6.34. The summed E-state index contributed by atoms with van der Waals surface area (Å²) in [6, 6.07) is 10.1. The van der Waals surface area contributed by atoms with E-state index in [9.17, 15) is 19.7 Å². The van der Waals surface area contributed by atoms with Gasteiger partial charge in [-0.25, -0.2) is 0 Å². The number of nitro benzene ring substituents is 1. The molecular weight excluding hydrogens is 374 g/mol. The zero-order valence-corrected chi connectivity index (χ0v) is 14.9. The van der Waals surface area contributed by atoms with Gasteiger partial charge < -0.3 is 15.0 Å². The first-order valence-corrected chi connectivity index (χ1v) is 8.17. The van der Waals surface area contributed by atoms with Crippen molar-refractivity contribution in [3.63, 3.8) is 0 Å². The molecule has 0 radical (unpaired) electrons. The van der Waals surface area contributed by atoms with E-state index in [2.05, 4.69) is 10.3 Å². The molecular formula is C18H14ClN3O5. The average molecular weight is 388 g/mol. The molecule has 0 spiro atoms. The van der Waals surface area contributed by atoms with E-state index in [4.69, 9.17) is 16.3 Å². The highest BCUT2D eigenvalue weighted by Gasteiger charge is 2.16. The van der Waals surface area contributed by atoms with Gasteiger partial charge in [-0.05, 0) is 23.8 Å². The van der Waals surface area contributed by atoms with Crippen molar-refractivity contribution in [2.24, 2.45) is 0 Å². The van der Waals surface area contributed by atoms with Gasteiger partial charge in [0.15, 0.2) is 0 Å². The summed E-state index contributed by atoms with van der Waals surface area (Å²) in [6.07, 6.45) is 0. The minimum atomic E-state index is -0.606. The third-order valence-electron chi connectivity index (χ3n) is 3.89. The number of aromatic nitrogens is 1. The minimum absolute atomic E-state index is 0.0207. The molecule has 3 rings (SSSR count). The Labute approximate surface area is 157 Å². The third-order valence-corrected chi connectivity index (χ3v) is 4.22. The Kier molecular flexibility index (Phi) is 5.20. The molecule has 0 bridgehead atoms. The molecule has 0 saturated heterocycles. The number of nitro groups is 1. The lowest BCUT2D eigenvalue weighted by molar-refractivity contribution is -0.384. The van der Waals surface area contributed by atoms with Crippen LogP contribution in [-0.4, -0.2) is 22.9 Å². The molecule has 0 aliphatic carbocycles. The van der Waals surface area contributed by atoms with Crippen LogP contribution in [0.25, 0.3) is 10.9 Å². The first-order chi connectivity index (χ1) is 12.9. The number of carbonyl (C=O) groups is 1. The highest BCUT2D eigenvalue weighted by Crippen LogP contribution is 2.25. The van der Waals surface area contributed by atoms with Crippen molar-refractivity contribution in [1.29, 1.82) is 0 Å². The predicted molar refractivity (Wildman–Crippen MR) is 101 cm³/mol. The van der Waals surface area contributed by atoms with E-state index in [0.717, 1.165) is 17.0 Å². The van der Waals surface area contributed by atoms with E-state index in [1.54, 1.807) is 18.2 Å². The molecule has 1 amide bonds. The van der Waals surface area contributed by atoms with Crippen molar-refractivity contribution in [2.45, 2.75) is 6.61 Å². The van der Waals surface area contributed by atoms with Crippen LogP contribution in [0.2, 0.25) is 5.02 Å². The van der Waals surface area contributed by atoms with E-state index in [1.807, 2.05) is 0 Å². The van der Waals surface area contributed by atoms with Gasteiger partial charge >= 0.3 is 0 Å². The van der Waals surface area contributed by atoms with Gasteiger partial charge in [0, 0.05) is 36.4 Å². The first kappa shape index (κ1) is 18.6. The number of benzene rings is 2. The first-order valence-electron chi connectivity index (χ1n) is 7.79. The Hall–Kier alpha value is -3.23. The number of nitrogens with zero attached hydrogens (tertiary/aromatic N) is 1. The Balaban J connectivity index is 1.95. The second-order valence-electron chi connectivity index (χ2n) is 5.73. The number of H-pyrrole nitrogens is 1. The lowest BCUT2D eigenvalue weighted by Crippen LogP contribution is -2.13. The fourth-order valence-corrected chi connectivity index (χ4v) is 2.89. The third kappa shape index (κ3) is 3.97. The molecule has 0 atom stereocenters. The zero-order chi connectivity index (χ0) is 19.6. The molecule has 0 unspecified atom stereocenters. The number of anilines is 1. The molecule has 2 N–H and O–H groups in total. The monoisotopic (exact) mass is 387 g/mol. The van der Waals surface area contributed by atoms with Crippen molar-refractivity contribution in [1.82, 2.24) is 4.98 Å². The fraction of sp³-hybridized carbons (Fsp3) is 0.111. The van der Waals surface area contributed by atoms with Crippen LogP contribution in [0.5, 0.6) is 0 Å². The largest absolute Gasteiger partial charge is 0.380 e. The van der Waals surface area contributed by atoms with Gasteiger partial charge in [-0.15, -0.1) is 0 Å². The quantitative estimate of drug-likeness (QED) is 0.513. The second-order valence-corrected chi connectivity index (χ2v) is 6.13. The molecule has 0 fully saturated rings. The second kappa shape index (κ2) is 7.56. The molecule has 3 aromatic rings. The maximum Gasteiger partial charge on any atom is 0.270 e. The summed E-state index contributed by atoms with van der Waals surface area (Å²) in [4.78, 5) is 37.3. The number of halogens is 1. The topological polar surface area (TPSA) is 114 Å². The number of carbonyl (C=O) groups excluding carboxylic acids is 1. The van der Waals surface area contributed by atoms with Crippen LogP contribution < -0.4 is 10.9 Å². The number of hydrogen-bond donors (Lipinski definition) is 2. The van der Waals surface area contributed by atoms with Crippen LogP contribution in [0.4, 0.5) is 11.4 Å². The number of nitrogens with one attached hydrogen (secondary N) is 2. The van der Waals surface area contributed by atoms with Crippen LogP contribution in [0.15, 0.2) is 47.3 Å². The normalized spacial score (nSPS) is 10.7. The molecule has 0 aliphatic rings. The molecule has 1 aromatic heterocycles. The minimum Gasteiger partial charge on any atom is -0.380 e. The van der Waals surface area contributed by atoms with Gasteiger partial charge in [0.1, 0.15) is 0 Å². The Morgan fingerprint density at radius 1 is 1.26 bits per heavy atom. The number of ether oxygens (including phenoxy) is 1. The lowest BCUT2D eigenvalue weighted by atomic mass is 10.1. The maximum atomic E-state index is 12.5. The summed E-state index contributed by atoms with van der Waals surface area (Å²) in [6.45, 7) is 0.273. The molecule has 0 aliphatic heterocycles. The summed E-state index contributed by atoms with van der Waals surface area (Å²) in [5.41, 5.74) is 1.09. The van der Waals surface area contributed by atoms with E-state index in [-0.39, 0.29) is 28.4 Å². The van der Waals surface area contributed by atoms with E-state index in [0.29, 0.717) is 11.2 Å². The molecule has 8 nitrogen and oxygen atoms in total. The Morgan fingerprint density at radius 3 is 2.74 bits per heavy atom. The average Bonchev–Trinajstić information content (AvgIpc) is 2.61. The smallest absolute Gasteiger partial charge is 0.270 e. The summed E-state index contributed by atoms with van der Waals surface area (Å²) in [7, 11) is 1.53. The van der Waals surface area contributed by atoms with Crippen molar-refractivity contribution >= 4 is 39.8 Å². The molecule has 1 heterocycles. The van der Waals surface area contributed by atoms with Crippen molar-refractivity contribution in [3.05, 3.63) is 79.1 Å².